The predicted molar refractivity (Wildman–Crippen MR) is 50.9 cm³/mol. The first-order valence-electron chi connectivity index (χ1n) is 3.62. The summed E-state index contributed by atoms with van der Waals surface area (Å²) < 4.78 is 0. The fourth-order valence-corrected chi connectivity index (χ4v) is 0.333. The molecule has 0 saturated heterocycles. The highest BCUT2D eigenvalue weighted by molar-refractivity contribution is 4.43. The van der Waals surface area contributed by atoms with E-state index in [1.165, 1.54) is 25.3 Å². The number of hydrogen-bond acceptors (Lipinski definition) is 8. The molecule has 0 amide bonds. The van der Waals surface area contributed by atoms with Crippen LogP contribution in [-0.2, 0) is 0 Å². The van der Waals surface area contributed by atoms with Crippen LogP contribution in [0.5, 0.6) is 0 Å². The maximum atomic E-state index is 8.36. The summed E-state index contributed by atoms with van der Waals surface area (Å²) in [6.45, 7) is 0. The Hall–Kier alpha value is -3.12. The van der Waals surface area contributed by atoms with Crippen LogP contribution >= 0.6 is 0 Å². The highest BCUT2D eigenvalue weighted by Crippen LogP contribution is 1.53. The number of hydrogen-bond donors (Lipinski definition) is 5. The van der Waals surface area contributed by atoms with Crippen LogP contribution in [0.25, 0.3) is 0 Å². The molecule has 0 fully saturated rings. The van der Waals surface area contributed by atoms with Gasteiger partial charge in [0.25, 0.3) is 5.09 Å². The lowest BCUT2D eigenvalue weighted by Gasteiger charge is -1.56. The van der Waals surface area contributed by atoms with Gasteiger partial charge in [0.2, 0.25) is 0 Å². The molecule has 0 unspecified atom stereocenters. The van der Waals surface area contributed by atoms with Crippen molar-refractivity contribution in [2.45, 2.75) is 0 Å². The molecule has 0 aliphatic heterocycles. The summed E-state index contributed by atoms with van der Waals surface area (Å²) in [7, 11) is 0. The molecule has 0 aliphatic carbocycles. The van der Waals surface area contributed by atoms with Crippen LogP contribution < -0.4 is 5.84 Å². The third kappa shape index (κ3) is 32.2. The third-order valence-corrected chi connectivity index (χ3v) is 0.662. The molecule has 2 aromatic heterocycles. The SMILES string of the molecule is N=NN.O=[N+]([O-])O.c1nc[nH]n1.c1nc[nH]n1. The smallest absolute Gasteiger partial charge is 0.291 e. The molecule has 6 N–H and O–H groups in total. The first kappa shape index (κ1) is 16.3. The van der Waals surface area contributed by atoms with Crippen LogP contribution in [0.1, 0.15) is 0 Å². The Morgan fingerprint density at radius 2 is 1.59 bits per heavy atom. The standard InChI is InChI=1S/2C2H3N3.H3N3.HNO3/c2*1-3-2-5-4-1;1-3-2;2-1(3)4/h2*1-2H,(H,3,4,5);(H3,1,2);(H,2,3,4). The number of H-pyrrole nitrogens is 2. The summed E-state index contributed by atoms with van der Waals surface area (Å²) in [6.07, 6.45) is 5.92. The lowest BCUT2D eigenvalue weighted by molar-refractivity contribution is -0.742. The van der Waals surface area contributed by atoms with Gasteiger partial charge in [0, 0.05) is 0 Å². The van der Waals surface area contributed by atoms with E-state index in [2.05, 4.69) is 41.4 Å². The zero-order valence-electron chi connectivity index (χ0n) is 8.33. The van der Waals surface area contributed by atoms with Gasteiger partial charge in [0.1, 0.15) is 25.3 Å². The number of aromatic nitrogens is 6. The van der Waals surface area contributed by atoms with Crippen molar-refractivity contribution in [1.82, 2.24) is 30.4 Å². The van der Waals surface area contributed by atoms with Gasteiger partial charge >= 0.3 is 0 Å². The monoisotopic (exact) mass is 246 g/mol. The molecule has 0 aromatic carbocycles. The van der Waals surface area contributed by atoms with Gasteiger partial charge < -0.3 is 11.0 Å². The van der Waals surface area contributed by atoms with Crippen molar-refractivity contribution < 1.29 is 10.3 Å². The van der Waals surface area contributed by atoms with Gasteiger partial charge in [-0.3, -0.25) is 10.2 Å². The summed E-state index contributed by atoms with van der Waals surface area (Å²) in [4.78, 5) is 15.5. The lowest BCUT2D eigenvalue weighted by atomic mass is 11.3. The zero-order chi connectivity index (χ0) is 13.4. The molecule has 0 saturated carbocycles. The molecule has 2 heterocycles. The zero-order valence-corrected chi connectivity index (χ0v) is 8.33. The van der Waals surface area contributed by atoms with Gasteiger partial charge in [0.15, 0.2) is 0 Å². The number of rotatable bonds is 0. The second kappa shape index (κ2) is 15.4. The van der Waals surface area contributed by atoms with E-state index in [1.54, 1.807) is 0 Å². The van der Waals surface area contributed by atoms with E-state index in [1.807, 2.05) is 0 Å². The maximum absolute atomic E-state index is 8.36. The summed E-state index contributed by atoms with van der Waals surface area (Å²) in [6, 6.07) is 0. The third-order valence-electron chi connectivity index (χ3n) is 0.662. The average Bonchev–Trinajstić information content (AvgIpc) is 2.98. The van der Waals surface area contributed by atoms with Gasteiger partial charge in [-0.1, -0.05) is 5.22 Å². The molecule has 94 valence electrons. The van der Waals surface area contributed by atoms with Crippen LogP contribution in [0, 0.1) is 15.6 Å². The molecule has 0 atom stereocenters. The molecular weight excluding hydrogens is 236 g/mol. The van der Waals surface area contributed by atoms with E-state index in [0.717, 1.165) is 0 Å². The van der Waals surface area contributed by atoms with Crippen LogP contribution in [0.3, 0.4) is 0 Å². The van der Waals surface area contributed by atoms with Crippen LogP contribution in [0.4, 0.5) is 0 Å². The van der Waals surface area contributed by atoms with Gasteiger partial charge in [-0.15, -0.1) is 10.1 Å². The van der Waals surface area contributed by atoms with Crippen molar-refractivity contribution in [1.29, 1.82) is 5.53 Å². The van der Waals surface area contributed by atoms with E-state index in [9.17, 15) is 0 Å². The second-order valence-electron chi connectivity index (χ2n) is 1.67. The summed E-state index contributed by atoms with van der Waals surface area (Å²) in [5.41, 5.74) is 5.61. The van der Waals surface area contributed by atoms with Crippen molar-refractivity contribution >= 4 is 0 Å². The van der Waals surface area contributed by atoms with Crippen molar-refractivity contribution in [3.05, 3.63) is 35.4 Å². The van der Waals surface area contributed by atoms with Crippen molar-refractivity contribution in [3.63, 3.8) is 0 Å². The summed E-state index contributed by atoms with van der Waals surface area (Å²) in [5.74, 6) is 4.14. The molecular formula is C4H10N10O3. The van der Waals surface area contributed by atoms with E-state index in [-0.39, 0.29) is 0 Å². The molecule has 2 aromatic rings. The molecule has 0 bridgehead atoms. The lowest BCUT2D eigenvalue weighted by Crippen LogP contribution is -1.81. The topological polar surface area (TPSA) is 209 Å². The van der Waals surface area contributed by atoms with Crippen molar-refractivity contribution in [3.8, 4) is 0 Å². The normalized spacial score (nSPS) is 6.82. The second-order valence-corrected chi connectivity index (χ2v) is 1.67. The van der Waals surface area contributed by atoms with Gasteiger partial charge in [-0.25, -0.2) is 9.97 Å². The first-order chi connectivity index (χ1) is 8.15. The highest BCUT2D eigenvalue weighted by Gasteiger charge is 1.65. The Morgan fingerprint density at radius 3 is 1.65 bits per heavy atom. The number of nitrogens with one attached hydrogen (secondary N) is 3. The van der Waals surface area contributed by atoms with E-state index in [4.69, 9.17) is 20.9 Å². The number of nitrogens with zero attached hydrogens (tertiary/aromatic N) is 6. The summed E-state index contributed by atoms with van der Waals surface area (Å²) in [5, 5.41) is 27.9. The fraction of sp³-hybridized carbons (Fsp3) is 0. The Balaban J connectivity index is 0. The van der Waals surface area contributed by atoms with Crippen molar-refractivity contribution in [2.75, 3.05) is 0 Å². The molecule has 0 radical (unpaired) electrons. The largest absolute Gasteiger partial charge is 0.328 e. The Bertz CT molecular complexity index is 268. The maximum Gasteiger partial charge on any atom is 0.291 e. The molecule has 13 nitrogen and oxygen atoms in total. The van der Waals surface area contributed by atoms with Crippen LogP contribution in [0.2, 0.25) is 0 Å². The molecule has 2 rings (SSSR count). The Kier molecular flexibility index (Phi) is 14.7. The van der Waals surface area contributed by atoms with Gasteiger partial charge in [-0.2, -0.15) is 15.7 Å². The minimum Gasteiger partial charge on any atom is -0.328 e. The number of nitrogens with two attached hydrogens (primary N) is 1. The quantitative estimate of drug-likeness (QED) is 0.170. The Morgan fingerprint density at radius 1 is 1.29 bits per heavy atom. The summed E-state index contributed by atoms with van der Waals surface area (Å²) >= 11 is 0. The molecule has 0 aliphatic rings. The van der Waals surface area contributed by atoms with Crippen molar-refractivity contribution in [2.24, 2.45) is 11.1 Å². The highest BCUT2D eigenvalue weighted by atomic mass is 16.9. The molecule has 0 spiro atoms. The van der Waals surface area contributed by atoms with E-state index in [0.29, 0.717) is 0 Å². The van der Waals surface area contributed by atoms with Gasteiger partial charge in [-0.05, 0) is 0 Å². The van der Waals surface area contributed by atoms with Crippen LogP contribution in [0.15, 0.2) is 30.5 Å². The minimum absolute atomic E-state index is 1.44. The predicted octanol–water partition coefficient (Wildman–Crippen LogP) is -0.847. The van der Waals surface area contributed by atoms with Crippen LogP contribution in [-0.4, -0.2) is 40.7 Å². The molecule has 17 heavy (non-hydrogen) atoms. The molecule has 13 heteroatoms. The average molecular weight is 246 g/mol. The van der Waals surface area contributed by atoms with Gasteiger partial charge in [0.05, 0.1) is 0 Å². The Labute approximate surface area is 93.7 Å². The van der Waals surface area contributed by atoms with E-state index >= 15 is 0 Å². The minimum atomic E-state index is -1.50. The number of aromatic amines is 2. The van der Waals surface area contributed by atoms with E-state index < -0.39 is 5.09 Å². The first-order valence-corrected chi connectivity index (χ1v) is 3.62. The fourth-order valence-electron chi connectivity index (χ4n) is 0.333.